The Kier molecular flexibility index (Phi) is 8.32. The normalized spacial score (nSPS) is 16.1. The lowest BCUT2D eigenvalue weighted by molar-refractivity contribution is 0.0963. The molecule has 2 heterocycles. The van der Waals surface area contributed by atoms with Gasteiger partial charge in [0.25, 0.3) is 5.91 Å². The molecule has 2 aromatic rings. The van der Waals surface area contributed by atoms with Crippen LogP contribution in [0.15, 0.2) is 52.1 Å². The summed E-state index contributed by atoms with van der Waals surface area (Å²) in [6.07, 6.45) is 6.32. The predicted molar refractivity (Wildman–Crippen MR) is 120 cm³/mol. The van der Waals surface area contributed by atoms with Crippen LogP contribution < -0.4 is 16.0 Å². The van der Waals surface area contributed by atoms with Crippen molar-refractivity contribution in [1.82, 2.24) is 20.9 Å². The van der Waals surface area contributed by atoms with Crippen LogP contribution in [0.1, 0.15) is 47.0 Å². The van der Waals surface area contributed by atoms with E-state index in [4.69, 9.17) is 4.42 Å². The number of amides is 1. The van der Waals surface area contributed by atoms with E-state index in [9.17, 15) is 4.79 Å². The number of furan rings is 1. The molecule has 7 heteroatoms. The van der Waals surface area contributed by atoms with E-state index in [1.807, 2.05) is 30.3 Å². The molecule has 3 rings (SSSR count). The first kappa shape index (κ1) is 21.9. The fourth-order valence-electron chi connectivity index (χ4n) is 3.87. The molecule has 0 spiro atoms. The summed E-state index contributed by atoms with van der Waals surface area (Å²) < 4.78 is 5.72. The standard InChI is InChI=1S/C23H33N5O2/c1-24-22(29)19-9-6-8-18(16-19)11-12-26-23(25-2)27-17-20(21-10-7-15-30-21)28-13-4-3-5-14-28/h6-10,15-16,20H,3-5,11-14,17H2,1-2H3,(H,24,29)(H2,25,26,27). The van der Waals surface area contributed by atoms with Gasteiger partial charge in [-0.15, -0.1) is 0 Å². The van der Waals surface area contributed by atoms with Gasteiger partial charge in [0, 0.05) is 32.7 Å². The molecular formula is C23H33N5O2. The molecule has 0 bridgehead atoms. The maximum atomic E-state index is 11.8. The minimum atomic E-state index is -0.0658. The van der Waals surface area contributed by atoms with Crippen LogP contribution in [0, 0.1) is 0 Å². The lowest BCUT2D eigenvalue weighted by atomic mass is 10.1. The molecule has 1 aliphatic rings. The van der Waals surface area contributed by atoms with Crippen molar-refractivity contribution in [3.05, 3.63) is 59.5 Å². The summed E-state index contributed by atoms with van der Waals surface area (Å²) in [7, 11) is 3.43. The number of hydrogen-bond acceptors (Lipinski definition) is 4. The highest BCUT2D eigenvalue weighted by Crippen LogP contribution is 2.24. The number of piperidine rings is 1. The van der Waals surface area contributed by atoms with Crippen LogP contribution in [0.25, 0.3) is 0 Å². The van der Waals surface area contributed by atoms with Crippen molar-refractivity contribution in [2.45, 2.75) is 31.7 Å². The van der Waals surface area contributed by atoms with Crippen molar-refractivity contribution in [1.29, 1.82) is 0 Å². The Balaban J connectivity index is 1.51. The van der Waals surface area contributed by atoms with E-state index in [0.717, 1.165) is 49.9 Å². The minimum Gasteiger partial charge on any atom is -0.468 e. The fourth-order valence-corrected chi connectivity index (χ4v) is 3.87. The number of likely N-dealkylation sites (tertiary alicyclic amines) is 1. The average Bonchev–Trinajstić information content (AvgIpc) is 3.33. The molecule has 1 aliphatic heterocycles. The van der Waals surface area contributed by atoms with Gasteiger partial charge in [-0.05, 0) is 62.2 Å². The molecule has 1 unspecified atom stereocenters. The number of rotatable bonds is 8. The molecule has 3 N–H and O–H groups in total. The maximum absolute atomic E-state index is 11.8. The van der Waals surface area contributed by atoms with Gasteiger partial charge in [-0.3, -0.25) is 14.7 Å². The van der Waals surface area contributed by atoms with Crippen molar-refractivity contribution in [2.75, 3.05) is 40.3 Å². The molecular weight excluding hydrogens is 378 g/mol. The molecule has 0 aliphatic carbocycles. The third kappa shape index (κ3) is 6.10. The van der Waals surface area contributed by atoms with Crippen molar-refractivity contribution >= 4 is 11.9 Å². The van der Waals surface area contributed by atoms with Gasteiger partial charge in [-0.25, -0.2) is 0 Å². The van der Waals surface area contributed by atoms with Crippen LogP contribution in [0.4, 0.5) is 0 Å². The second-order valence-electron chi connectivity index (χ2n) is 7.54. The number of carbonyl (C=O) groups is 1. The van der Waals surface area contributed by atoms with E-state index in [2.05, 4.69) is 31.9 Å². The number of guanidine groups is 1. The first-order valence-electron chi connectivity index (χ1n) is 10.7. The van der Waals surface area contributed by atoms with Gasteiger partial charge in [0.2, 0.25) is 0 Å². The molecule has 1 fully saturated rings. The van der Waals surface area contributed by atoms with E-state index in [-0.39, 0.29) is 11.9 Å². The zero-order chi connectivity index (χ0) is 21.2. The molecule has 7 nitrogen and oxygen atoms in total. The van der Waals surface area contributed by atoms with Crippen LogP contribution in [0.3, 0.4) is 0 Å². The Bertz CT molecular complexity index is 813. The monoisotopic (exact) mass is 411 g/mol. The summed E-state index contributed by atoms with van der Waals surface area (Å²) in [5, 5.41) is 9.49. The summed E-state index contributed by atoms with van der Waals surface area (Å²) in [6, 6.07) is 11.9. The Morgan fingerprint density at radius 3 is 2.70 bits per heavy atom. The Labute approximate surface area is 178 Å². The van der Waals surface area contributed by atoms with E-state index in [0.29, 0.717) is 5.56 Å². The quantitative estimate of drug-likeness (QED) is 0.459. The molecule has 1 aromatic heterocycles. The Morgan fingerprint density at radius 1 is 1.17 bits per heavy atom. The highest BCUT2D eigenvalue weighted by Gasteiger charge is 2.24. The third-order valence-electron chi connectivity index (χ3n) is 5.51. The van der Waals surface area contributed by atoms with E-state index in [1.165, 1.54) is 19.3 Å². The van der Waals surface area contributed by atoms with Crippen LogP contribution in [-0.4, -0.2) is 57.0 Å². The van der Waals surface area contributed by atoms with Crippen molar-refractivity contribution in [3.8, 4) is 0 Å². The highest BCUT2D eigenvalue weighted by molar-refractivity contribution is 5.94. The molecule has 1 atom stereocenters. The van der Waals surface area contributed by atoms with Crippen molar-refractivity contribution in [2.24, 2.45) is 4.99 Å². The fraction of sp³-hybridized carbons (Fsp3) is 0.478. The van der Waals surface area contributed by atoms with Crippen molar-refractivity contribution < 1.29 is 9.21 Å². The molecule has 1 saturated heterocycles. The lowest BCUT2D eigenvalue weighted by Crippen LogP contribution is -2.44. The molecule has 0 radical (unpaired) electrons. The number of nitrogens with zero attached hydrogens (tertiary/aromatic N) is 2. The number of aliphatic imine (C=N–C) groups is 1. The van der Waals surface area contributed by atoms with Crippen LogP contribution in [0.2, 0.25) is 0 Å². The number of hydrogen-bond donors (Lipinski definition) is 3. The largest absolute Gasteiger partial charge is 0.468 e. The second-order valence-corrected chi connectivity index (χ2v) is 7.54. The van der Waals surface area contributed by atoms with Gasteiger partial charge in [-0.1, -0.05) is 18.6 Å². The average molecular weight is 412 g/mol. The number of carbonyl (C=O) groups excluding carboxylic acids is 1. The summed E-state index contributed by atoms with van der Waals surface area (Å²) in [5.74, 6) is 1.70. The number of benzene rings is 1. The second kappa shape index (κ2) is 11.4. The maximum Gasteiger partial charge on any atom is 0.251 e. The van der Waals surface area contributed by atoms with Crippen LogP contribution >= 0.6 is 0 Å². The van der Waals surface area contributed by atoms with Gasteiger partial charge < -0.3 is 20.4 Å². The Hall–Kier alpha value is -2.80. The first-order chi connectivity index (χ1) is 14.7. The van der Waals surface area contributed by atoms with E-state index >= 15 is 0 Å². The molecule has 1 aromatic carbocycles. The molecule has 0 saturated carbocycles. The van der Waals surface area contributed by atoms with Gasteiger partial charge in [0.1, 0.15) is 5.76 Å². The van der Waals surface area contributed by atoms with Crippen molar-refractivity contribution in [3.63, 3.8) is 0 Å². The summed E-state index contributed by atoms with van der Waals surface area (Å²) >= 11 is 0. The number of nitrogens with one attached hydrogen (secondary N) is 3. The first-order valence-corrected chi connectivity index (χ1v) is 10.7. The minimum absolute atomic E-state index is 0.0658. The third-order valence-corrected chi connectivity index (χ3v) is 5.51. The van der Waals surface area contributed by atoms with Gasteiger partial charge in [0.15, 0.2) is 5.96 Å². The smallest absolute Gasteiger partial charge is 0.251 e. The summed E-state index contributed by atoms with van der Waals surface area (Å²) in [6.45, 7) is 3.66. The van der Waals surface area contributed by atoms with E-state index < -0.39 is 0 Å². The highest BCUT2D eigenvalue weighted by atomic mass is 16.3. The van der Waals surface area contributed by atoms with Gasteiger partial charge in [-0.2, -0.15) is 0 Å². The summed E-state index contributed by atoms with van der Waals surface area (Å²) in [4.78, 5) is 18.7. The zero-order valence-corrected chi connectivity index (χ0v) is 18.0. The van der Waals surface area contributed by atoms with Gasteiger partial charge in [0.05, 0.1) is 12.3 Å². The Morgan fingerprint density at radius 2 is 2.00 bits per heavy atom. The lowest BCUT2D eigenvalue weighted by Gasteiger charge is -2.33. The van der Waals surface area contributed by atoms with Gasteiger partial charge >= 0.3 is 0 Å². The molecule has 162 valence electrons. The molecule has 30 heavy (non-hydrogen) atoms. The van der Waals surface area contributed by atoms with Crippen LogP contribution in [0.5, 0.6) is 0 Å². The summed E-state index contributed by atoms with van der Waals surface area (Å²) in [5.41, 5.74) is 1.79. The zero-order valence-electron chi connectivity index (χ0n) is 18.0. The SMILES string of the molecule is CN=C(NCCc1cccc(C(=O)NC)c1)NCC(c1ccco1)N1CCCCC1. The molecule has 1 amide bonds. The van der Waals surface area contributed by atoms with Crippen LogP contribution in [-0.2, 0) is 6.42 Å². The predicted octanol–water partition coefficient (Wildman–Crippen LogP) is 2.57. The van der Waals surface area contributed by atoms with E-state index in [1.54, 1.807) is 20.4 Å². The topological polar surface area (TPSA) is 81.9 Å².